The molecule has 1 atom stereocenters. The maximum atomic E-state index is 12.8. The Bertz CT molecular complexity index is 823. The van der Waals surface area contributed by atoms with E-state index in [4.69, 9.17) is 9.47 Å². The fourth-order valence-electron chi connectivity index (χ4n) is 3.30. The van der Waals surface area contributed by atoms with Gasteiger partial charge in [0.15, 0.2) is 11.7 Å². The van der Waals surface area contributed by atoms with E-state index in [0.29, 0.717) is 17.7 Å². The van der Waals surface area contributed by atoms with Crippen LogP contribution in [0, 0.1) is 0 Å². The third-order valence-corrected chi connectivity index (χ3v) is 4.61. The smallest absolute Gasteiger partial charge is 0.339 e. The first-order valence-corrected chi connectivity index (χ1v) is 9.32. The SMILES string of the molecule is CCOC(c1ccccc1)(c1ccccc1)[C@H](O)C(=O)OCc1ccccc1. The molecule has 0 bridgehead atoms. The van der Waals surface area contributed by atoms with Gasteiger partial charge in [-0.05, 0) is 23.6 Å². The average Bonchev–Trinajstić information content (AvgIpc) is 2.77. The summed E-state index contributed by atoms with van der Waals surface area (Å²) in [5.74, 6) is -0.731. The average molecular weight is 376 g/mol. The van der Waals surface area contributed by atoms with Crippen molar-refractivity contribution in [3.63, 3.8) is 0 Å². The van der Waals surface area contributed by atoms with Gasteiger partial charge in [-0.2, -0.15) is 0 Å². The Labute approximate surface area is 165 Å². The van der Waals surface area contributed by atoms with Crippen LogP contribution < -0.4 is 0 Å². The molecule has 144 valence electrons. The van der Waals surface area contributed by atoms with Crippen LogP contribution in [0.15, 0.2) is 91.0 Å². The van der Waals surface area contributed by atoms with Crippen LogP contribution in [0.25, 0.3) is 0 Å². The van der Waals surface area contributed by atoms with E-state index in [1.165, 1.54) is 0 Å². The molecule has 3 rings (SSSR count). The number of aliphatic hydroxyl groups is 1. The number of esters is 1. The Morgan fingerprint density at radius 2 is 1.32 bits per heavy atom. The van der Waals surface area contributed by atoms with Crippen molar-refractivity contribution < 1.29 is 19.4 Å². The van der Waals surface area contributed by atoms with Gasteiger partial charge in [0.25, 0.3) is 0 Å². The minimum atomic E-state index is -1.53. The van der Waals surface area contributed by atoms with Crippen molar-refractivity contribution in [2.75, 3.05) is 6.61 Å². The lowest BCUT2D eigenvalue weighted by molar-refractivity contribution is -0.174. The lowest BCUT2D eigenvalue weighted by Gasteiger charge is -2.37. The van der Waals surface area contributed by atoms with E-state index in [0.717, 1.165) is 5.56 Å². The Balaban J connectivity index is 1.96. The second-order valence-electron chi connectivity index (χ2n) is 6.40. The first kappa shape index (κ1) is 19.8. The minimum absolute atomic E-state index is 0.0858. The number of hydrogen-bond acceptors (Lipinski definition) is 4. The van der Waals surface area contributed by atoms with Gasteiger partial charge in [0.1, 0.15) is 6.61 Å². The summed E-state index contributed by atoms with van der Waals surface area (Å²) in [5, 5.41) is 11.1. The molecule has 28 heavy (non-hydrogen) atoms. The van der Waals surface area contributed by atoms with Crippen molar-refractivity contribution >= 4 is 5.97 Å². The fourth-order valence-corrected chi connectivity index (χ4v) is 3.30. The van der Waals surface area contributed by atoms with Crippen LogP contribution in [-0.2, 0) is 26.5 Å². The van der Waals surface area contributed by atoms with E-state index in [9.17, 15) is 9.90 Å². The molecule has 0 saturated carbocycles. The lowest BCUT2D eigenvalue weighted by atomic mass is 9.81. The summed E-state index contributed by atoms with van der Waals surface area (Å²) >= 11 is 0. The predicted molar refractivity (Wildman–Crippen MR) is 108 cm³/mol. The van der Waals surface area contributed by atoms with E-state index >= 15 is 0 Å². The maximum absolute atomic E-state index is 12.8. The molecule has 0 radical (unpaired) electrons. The Morgan fingerprint density at radius 1 is 0.857 bits per heavy atom. The van der Waals surface area contributed by atoms with Crippen LogP contribution in [0.3, 0.4) is 0 Å². The van der Waals surface area contributed by atoms with Gasteiger partial charge in [-0.1, -0.05) is 91.0 Å². The van der Waals surface area contributed by atoms with Crippen LogP contribution in [0.5, 0.6) is 0 Å². The molecule has 0 unspecified atom stereocenters. The van der Waals surface area contributed by atoms with Crippen molar-refractivity contribution in [2.24, 2.45) is 0 Å². The summed E-state index contributed by atoms with van der Waals surface area (Å²) in [6.07, 6.45) is -1.53. The molecule has 0 amide bonds. The zero-order valence-electron chi connectivity index (χ0n) is 15.8. The summed E-state index contributed by atoms with van der Waals surface area (Å²) in [5.41, 5.74) is 0.870. The predicted octanol–water partition coefficient (Wildman–Crippen LogP) is 4.07. The summed E-state index contributed by atoms with van der Waals surface area (Å²) in [7, 11) is 0. The first-order chi connectivity index (χ1) is 13.7. The molecule has 0 fully saturated rings. The molecule has 0 aliphatic carbocycles. The van der Waals surface area contributed by atoms with Gasteiger partial charge >= 0.3 is 5.97 Å². The van der Waals surface area contributed by atoms with Gasteiger partial charge in [0.2, 0.25) is 0 Å². The number of benzene rings is 3. The largest absolute Gasteiger partial charge is 0.459 e. The van der Waals surface area contributed by atoms with Crippen LogP contribution in [0.2, 0.25) is 0 Å². The van der Waals surface area contributed by atoms with Gasteiger partial charge < -0.3 is 14.6 Å². The third-order valence-electron chi connectivity index (χ3n) is 4.61. The number of hydrogen-bond donors (Lipinski definition) is 1. The van der Waals surface area contributed by atoms with E-state index in [2.05, 4.69) is 0 Å². The maximum Gasteiger partial charge on any atom is 0.339 e. The molecule has 0 aromatic heterocycles. The van der Waals surface area contributed by atoms with Crippen molar-refractivity contribution in [2.45, 2.75) is 25.2 Å². The normalized spacial score (nSPS) is 12.4. The van der Waals surface area contributed by atoms with Crippen LogP contribution in [0.4, 0.5) is 0 Å². The molecule has 0 aliphatic heterocycles. The standard InChI is InChI=1S/C24H24O4/c1-2-28-24(20-14-8-4-9-15-20,21-16-10-5-11-17-21)22(25)23(26)27-18-19-12-6-3-7-13-19/h3-17,22,25H,2,18H2,1H3/t22-/m1/s1. The van der Waals surface area contributed by atoms with E-state index in [1.807, 2.05) is 97.9 Å². The molecule has 0 spiro atoms. The van der Waals surface area contributed by atoms with Crippen LogP contribution in [-0.4, -0.2) is 23.8 Å². The summed E-state index contributed by atoms with van der Waals surface area (Å²) in [6, 6.07) is 27.9. The summed E-state index contributed by atoms with van der Waals surface area (Å²) in [4.78, 5) is 12.8. The highest BCUT2D eigenvalue weighted by molar-refractivity contribution is 5.77. The van der Waals surface area contributed by atoms with Gasteiger partial charge in [-0.3, -0.25) is 0 Å². The summed E-state index contributed by atoms with van der Waals surface area (Å²) < 4.78 is 11.5. The Kier molecular flexibility index (Phi) is 6.58. The van der Waals surface area contributed by atoms with Crippen molar-refractivity contribution in [3.05, 3.63) is 108 Å². The second-order valence-corrected chi connectivity index (χ2v) is 6.40. The van der Waals surface area contributed by atoms with Gasteiger partial charge in [0, 0.05) is 6.61 Å². The number of carbonyl (C=O) groups is 1. The Hall–Kier alpha value is -2.95. The topological polar surface area (TPSA) is 55.8 Å². The highest BCUT2D eigenvalue weighted by Crippen LogP contribution is 2.37. The molecular formula is C24H24O4. The quantitative estimate of drug-likeness (QED) is 0.602. The summed E-state index contributed by atoms with van der Waals surface area (Å²) in [6.45, 7) is 2.23. The monoisotopic (exact) mass is 376 g/mol. The van der Waals surface area contributed by atoms with Crippen molar-refractivity contribution in [1.29, 1.82) is 0 Å². The second kappa shape index (κ2) is 9.31. The lowest BCUT2D eigenvalue weighted by Crippen LogP contribution is -2.48. The zero-order valence-corrected chi connectivity index (χ0v) is 15.8. The molecule has 0 aliphatic rings. The molecule has 0 heterocycles. The van der Waals surface area contributed by atoms with Crippen LogP contribution >= 0.6 is 0 Å². The zero-order chi connectivity index (χ0) is 19.8. The molecule has 4 nitrogen and oxygen atoms in total. The molecule has 3 aromatic carbocycles. The highest BCUT2D eigenvalue weighted by Gasteiger charge is 2.47. The van der Waals surface area contributed by atoms with Crippen LogP contribution in [0.1, 0.15) is 23.6 Å². The molecule has 0 saturated heterocycles. The van der Waals surface area contributed by atoms with Gasteiger partial charge in [0.05, 0.1) is 0 Å². The van der Waals surface area contributed by atoms with Crippen molar-refractivity contribution in [3.8, 4) is 0 Å². The van der Waals surface area contributed by atoms with E-state index < -0.39 is 17.7 Å². The first-order valence-electron chi connectivity index (χ1n) is 9.32. The number of ether oxygens (including phenoxy) is 2. The number of carbonyl (C=O) groups excluding carboxylic acids is 1. The third kappa shape index (κ3) is 4.14. The molecule has 4 heteroatoms. The van der Waals surface area contributed by atoms with Gasteiger partial charge in [-0.15, -0.1) is 0 Å². The van der Waals surface area contributed by atoms with E-state index in [1.54, 1.807) is 0 Å². The number of aliphatic hydroxyl groups excluding tert-OH is 1. The van der Waals surface area contributed by atoms with Crippen molar-refractivity contribution in [1.82, 2.24) is 0 Å². The van der Waals surface area contributed by atoms with Gasteiger partial charge in [-0.25, -0.2) is 4.79 Å². The Morgan fingerprint density at radius 3 is 1.79 bits per heavy atom. The van der Waals surface area contributed by atoms with E-state index in [-0.39, 0.29) is 6.61 Å². The molecule has 3 aromatic rings. The fraction of sp³-hybridized carbons (Fsp3) is 0.208. The molecular weight excluding hydrogens is 352 g/mol. The number of rotatable bonds is 8. The molecule has 1 N–H and O–H groups in total. The highest BCUT2D eigenvalue weighted by atomic mass is 16.6. The minimum Gasteiger partial charge on any atom is -0.459 e.